The van der Waals surface area contributed by atoms with Gasteiger partial charge in [-0.15, -0.1) is 0 Å². The third-order valence-electron chi connectivity index (χ3n) is 2.76. The van der Waals surface area contributed by atoms with Gasteiger partial charge in [0, 0.05) is 17.9 Å². The van der Waals surface area contributed by atoms with E-state index in [1.165, 1.54) is 39.0 Å². The van der Waals surface area contributed by atoms with Crippen LogP contribution in [0.5, 0.6) is 0 Å². The number of hydrogen-bond acceptors (Lipinski definition) is 3. The number of unbranched alkanes of at least 4 members (excludes halogenated alkanes) is 3. The number of ether oxygens (including phenoxy) is 1. The highest BCUT2D eigenvalue weighted by molar-refractivity contribution is 8.00. The van der Waals surface area contributed by atoms with Crippen LogP contribution in [-0.4, -0.2) is 23.1 Å². The molecule has 15 heavy (non-hydrogen) atoms. The molecule has 0 unspecified atom stereocenters. The van der Waals surface area contributed by atoms with E-state index < -0.39 is 0 Å². The Hall–Kier alpha value is -0.180. The Morgan fingerprint density at radius 2 is 2.20 bits per heavy atom. The molecule has 2 atom stereocenters. The topological polar surface area (TPSA) is 26.3 Å². The minimum atomic E-state index is -0.132. The van der Waals surface area contributed by atoms with E-state index in [1.807, 2.05) is 11.8 Å². The molecule has 1 saturated heterocycles. The van der Waals surface area contributed by atoms with Gasteiger partial charge in [0.05, 0.1) is 0 Å². The number of rotatable bonds is 6. The first-order valence-electron chi connectivity index (χ1n) is 6.01. The van der Waals surface area contributed by atoms with E-state index in [2.05, 4.69) is 6.92 Å². The molecule has 1 rings (SSSR count). The Balaban J connectivity index is 2.05. The molecule has 3 heteroatoms. The fourth-order valence-electron chi connectivity index (χ4n) is 1.99. The fraction of sp³-hybridized carbons (Fsp3) is 0.917. The van der Waals surface area contributed by atoms with Crippen LogP contribution in [0.15, 0.2) is 0 Å². The molecule has 0 radical (unpaired) electrons. The number of esters is 1. The van der Waals surface area contributed by atoms with Crippen LogP contribution in [0.1, 0.15) is 52.4 Å². The van der Waals surface area contributed by atoms with E-state index in [9.17, 15) is 4.79 Å². The van der Waals surface area contributed by atoms with Crippen molar-refractivity contribution >= 4 is 17.7 Å². The van der Waals surface area contributed by atoms with Gasteiger partial charge in [-0.25, -0.2) is 0 Å². The molecule has 0 aliphatic carbocycles. The van der Waals surface area contributed by atoms with Crippen LogP contribution >= 0.6 is 11.8 Å². The molecule has 0 aromatic heterocycles. The molecule has 0 spiro atoms. The minimum Gasteiger partial charge on any atom is -0.462 e. The van der Waals surface area contributed by atoms with Gasteiger partial charge in [-0.1, -0.05) is 32.6 Å². The van der Waals surface area contributed by atoms with Crippen LogP contribution in [-0.2, 0) is 9.53 Å². The maximum absolute atomic E-state index is 10.8. The molecule has 0 bridgehead atoms. The largest absolute Gasteiger partial charge is 0.462 e. The molecule has 0 N–H and O–H groups in total. The summed E-state index contributed by atoms with van der Waals surface area (Å²) in [6.45, 7) is 3.74. The lowest BCUT2D eigenvalue weighted by Crippen LogP contribution is -2.15. The van der Waals surface area contributed by atoms with Gasteiger partial charge < -0.3 is 4.74 Å². The number of thioether (sulfide) groups is 1. The second kappa shape index (κ2) is 7.15. The van der Waals surface area contributed by atoms with Gasteiger partial charge in [0.1, 0.15) is 6.10 Å². The molecule has 0 aromatic carbocycles. The maximum atomic E-state index is 10.8. The van der Waals surface area contributed by atoms with Crippen LogP contribution in [0.2, 0.25) is 0 Å². The van der Waals surface area contributed by atoms with Crippen molar-refractivity contribution < 1.29 is 9.53 Å². The summed E-state index contributed by atoms with van der Waals surface area (Å²) in [5.41, 5.74) is 0. The van der Waals surface area contributed by atoms with Gasteiger partial charge in [0.15, 0.2) is 0 Å². The third-order valence-corrected chi connectivity index (χ3v) is 4.22. The van der Waals surface area contributed by atoms with E-state index in [0.29, 0.717) is 0 Å². The second-order valence-corrected chi connectivity index (χ2v) is 5.61. The Labute approximate surface area is 97.1 Å². The van der Waals surface area contributed by atoms with Crippen molar-refractivity contribution in [3.63, 3.8) is 0 Å². The Morgan fingerprint density at radius 3 is 2.87 bits per heavy atom. The SMILES string of the molecule is CCCCCC[C@H]1C[C@@H](OC(C)=O)CS1. The van der Waals surface area contributed by atoms with Crippen LogP contribution < -0.4 is 0 Å². The third kappa shape index (κ3) is 5.45. The summed E-state index contributed by atoms with van der Waals surface area (Å²) in [7, 11) is 0. The van der Waals surface area contributed by atoms with Crippen LogP contribution in [0.4, 0.5) is 0 Å². The van der Waals surface area contributed by atoms with Gasteiger partial charge >= 0.3 is 5.97 Å². The zero-order valence-electron chi connectivity index (χ0n) is 9.83. The summed E-state index contributed by atoms with van der Waals surface area (Å²) in [6, 6.07) is 0. The van der Waals surface area contributed by atoms with Crippen molar-refractivity contribution in [3.05, 3.63) is 0 Å². The predicted molar refractivity (Wildman–Crippen MR) is 65.2 cm³/mol. The standard InChI is InChI=1S/C12H22O2S/c1-3-4-5-6-7-12-8-11(9-15-12)14-10(2)13/h11-12H,3-9H2,1-2H3/t11-,12+/m1/s1. The summed E-state index contributed by atoms with van der Waals surface area (Å²) in [5.74, 6) is 0.866. The minimum absolute atomic E-state index is 0.132. The number of hydrogen-bond donors (Lipinski definition) is 0. The lowest BCUT2D eigenvalue weighted by Gasteiger charge is -2.10. The van der Waals surface area contributed by atoms with Gasteiger partial charge in [-0.3, -0.25) is 4.79 Å². The van der Waals surface area contributed by atoms with Gasteiger partial charge in [-0.2, -0.15) is 11.8 Å². The van der Waals surface area contributed by atoms with Crippen LogP contribution in [0.3, 0.4) is 0 Å². The van der Waals surface area contributed by atoms with Crippen LogP contribution in [0.25, 0.3) is 0 Å². The van der Waals surface area contributed by atoms with Crippen molar-refractivity contribution in [1.29, 1.82) is 0 Å². The van der Waals surface area contributed by atoms with Crippen molar-refractivity contribution in [3.8, 4) is 0 Å². The average Bonchev–Trinajstić information content (AvgIpc) is 2.59. The molecule has 0 aromatic rings. The van der Waals surface area contributed by atoms with Crippen molar-refractivity contribution in [1.82, 2.24) is 0 Å². The van der Waals surface area contributed by atoms with Gasteiger partial charge in [0.25, 0.3) is 0 Å². The first kappa shape index (κ1) is 12.9. The molecule has 1 aliphatic rings. The van der Waals surface area contributed by atoms with Crippen molar-refractivity contribution in [2.45, 2.75) is 63.7 Å². The molecule has 1 aliphatic heterocycles. The first-order valence-corrected chi connectivity index (χ1v) is 7.06. The summed E-state index contributed by atoms with van der Waals surface area (Å²) in [4.78, 5) is 10.8. The lowest BCUT2D eigenvalue weighted by atomic mass is 10.1. The average molecular weight is 230 g/mol. The fourth-order valence-corrected chi connectivity index (χ4v) is 3.36. The van der Waals surface area contributed by atoms with Gasteiger partial charge in [0.2, 0.25) is 0 Å². The molecule has 0 saturated carbocycles. The molecule has 1 heterocycles. The Morgan fingerprint density at radius 1 is 1.40 bits per heavy atom. The summed E-state index contributed by atoms with van der Waals surface area (Å²) in [5, 5.41) is 0.728. The summed E-state index contributed by atoms with van der Waals surface area (Å²) >= 11 is 1.97. The Kier molecular flexibility index (Phi) is 6.15. The Bertz CT molecular complexity index is 194. The molecule has 0 amide bonds. The van der Waals surface area contributed by atoms with E-state index in [-0.39, 0.29) is 12.1 Å². The monoisotopic (exact) mass is 230 g/mol. The zero-order valence-corrected chi connectivity index (χ0v) is 10.6. The quantitative estimate of drug-likeness (QED) is 0.517. The maximum Gasteiger partial charge on any atom is 0.302 e. The highest BCUT2D eigenvalue weighted by Gasteiger charge is 2.26. The normalized spacial score (nSPS) is 25.5. The van der Waals surface area contributed by atoms with Crippen LogP contribution in [0, 0.1) is 0 Å². The molecular formula is C12H22O2S. The molecule has 2 nitrogen and oxygen atoms in total. The summed E-state index contributed by atoms with van der Waals surface area (Å²) < 4.78 is 5.21. The van der Waals surface area contributed by atoms with Crippen molar-refractivity contribution in [2.75, 3.05) is 5.75 Å². The van der Waals surface area contributed by atoms with Gasteiger partial charge in [-0.05, 0) is 12.8 Å². The van der Waals surface area contributed by atoms with Crippen molar-refractivity contribution in [2.24, 2.45) is 0 Å². The van der Waals surface area contributed by atoms with E-state index >= 15 is 0 Å². The molecule has 88 valence electrons. The first-order chi connectivity index (χ1) is 7.22. The van der Waals surface area contributed by atoms with E-state index in [1.54, 1.807) is 0 Å². The summed E-state index contributed by atoms with van der Waals surface area (Å²) in [6.07, 6.45) is 7.88. The highest BCUT2D eigenvalue weighted by atomic mass is 32.2. The molecular weight excluding hydrogens is 208 g/mol. The molecule has 1 fully saturated rings. The zero-order chi connectivity index (χ0) is 11.1. The lowest BCUT2D eigenvalue weighted by molar-refractivity contribution is -0.145. The highest BCUT2D eigenvalue weighted by Crippen LogP contribution is 2.32. The number of carbonyl (C=O) groups excluding carboxylic acids is 1. The second-order valence-electron chi connectivity index (χ2n) is 4.27. The van der Waals surface area contributed by atoms with E-state index in [0.717, 1.165) is 17.4 Å². The van der Waals surface area contributed by atoms with E-state index in [4.69, 9.17) is 4.74 Å². The predicted octanol–water partition coefficient (Wildman–Crippen LogP) is 3.39. The number of carbonyl (C=O) groups is 1. The smallest absolute Gasteiger partial charge is 0.302 e.